The zero-order valence-electron chi connectivity index (χ0n) is 6.39. The molecular weight excluding hydrogens is 517 g/mol. The summed E-state index contributed by atoms with van der Waals surface area (Å²) in [4.78, 5) is 0. The molecular formula is C5H15W2Y-. The fourth-order valence-corrected chi connectivity index (χ4v) is 0. The third-order valence-electron chi connectivity index (χ3n) is 0. The topological polar surface area (TPSA) is 0 Å². The summed E-state index contributed by atoms with van der Waals surface area (Å²) in [5, 5.41) is 0. The molecule has 0 saturated heterocycles. The fourth-order valence-electron chi connectivity index (χ4n) is 0. The summed E-state index contributed by atoms with van der Waals surface area (Å²) in [5.41, 5.74) is 0. The van der Waals surface area contributed by atoms with Crippen molar-refractivity contribution < 1.29 is 74.8 Å². The zero-order valence-corrected chi connectivity index (χ0v) is 15.1. The van der Waals surface area contributed by atoms with Crippen LogP contribution in [0.3, 0.4) is 0 Å². The van der Waals surface area contributed by atoms with Crippen LogP contribution in [0, 0.1) is 37.1 Å². The maximum absolute atomic E-state index is 0. The second kappa shape index (κ2) is 111. The van der Waals surface area contributed by atoms with Gasteiger partial charge in [-0.15, -0.1) is 0 Å². The second-order valence-corrected chi connectivity index (χ2v) is 0. The summed E-state index contributed by atoms with van der Waals surface area (Å²) in [6, 6.07) is 0. The molecule has 0 aliphatic heterocycles. The van der Waals surface area contributed by atoms with Gasteiger partial charge in [-0.3, -0.25) is 0 Å². The smallest absolute Gasteiger partial charge is 0.358 e. The number of hydrogen-bond donors (Lipinski definition) is 0. The van der Waals surface area contributed by atoms with E-state index in [1.807, 2.05) is 0 Å². The molecule has 0 atom stereocenters. The van der Waals surface area contributed by atoms with Crippen LogP contribution in [0.15, 0.2) is 0 Å². The van der Waals surface area contributed by atoms with Crippen molar-refractivity contribution in [3.63, 3.8) is 0 Å². The first-order chi connectivity index (χ1) is 0. The molecule has 0 aliphatic rings. The van der Waals surface area contributed by atoms with Crippen molar-refractivity contribution in [2.24, 2.45) is 0 Å². The summed E-state index contributed by atoms with van der Waals surface area (Å²) in [7, 11) is 0. The molecule has 0 spiro atoms. The van der Waals surface area contributed by atoms with Gasteiger partial charge in [0, 0.05) is 32.7 Å². The van der Waals surface area contributed by atoms with Crippen LogP contribution in [-0.2, 0) is 74.8 Å². The first-order valence-corrected chi connectivity index (χ1v) is 0. The van der Waals surface area contributed by atoms with Gasteiger partial charge in [-0.2, -0.15) is 0 Å². The average Bonchev–Trinajstić information content (AvgIpc) is 0. The predicted octanol–water partition coefficient (Wildman–Crippen LogP) is 2.24. The number of hydrogen-bond acceptors (Lipinski definition) is 0. The predicted molar refractivity (Wildman–Crippen MR) is 32.1 cm³/mol. The minimum atomic E-state index is 0. The molecule has 0 aromatic rings. The van der Waals surface area contributed by atoms with Gasteiger partial charge in [0.2, 0.25) is 0 Å². The van der Waals surface area contributed by atoms with Gasteiger partial charge in [-0.1, -0.05) is 0 Å². The van der Waals surface area contributed by atoms with Crippen molar-refractivity contribution in [2.45, 2.75) is 0 Å². The quantitative estimate of drug-likeness (QED) is 0.421. The summed E-state index contributed by atoms with van der Waals surface area (Å²) in [5.74, 6) is 0. The average molecular weight is 532 g/mol. The van der Waals surface area contributed by atoms with Gasteiger partial charge in [0.05, 0.1) is 0 Å². The first kappa shape index (κ1) is 153. The minimum Gasteiger partial charge on any atom is -0.358 e. The van der Waals surface area contributed by atoms with Crippen LogP contribution in [0.5, 0.6) is 0 Å². The third-order valence-corrected chi connectivity index (χ3v) is 0. The van der Waals surface area contributed by atoms with Crippen molar-refractivity contribution >= 4 is 0 Å². The Morgan fingerprint density at radius 1 is 0.375 bits per heavy atom. The van der Waals surface area contributed by atoms with Gasteiger partial charge in [0.1, 0.15) is 0 Å². The van der Waals surface area contributed by atoms with E-state index in [0.717, 1.165) is 0 Å². The normalized spacial score (nSPS) is 0. The first-order valence-electron chi connectivity index (χ1n) is 0. The molecule has 0 amide bonds. The van der Waals surface area contributed by atoms with Crippen molar-refractivity contribution in [1.82, 2.24) is 0 Å². The summed E-state index contributed by atoms with van der Waals surface area (Å²) < 4.78 is 0. The molecule has 0 heterocycles. The van der Waals surface area contributed by atoms with Crippen molar-refractivity contribution in [3.05, 3.63) is 37.1 Å². The van der Waals surface area contributed by atoms with Crippen LogP contribution in [0.1, 0.15) is 0 Å². The standard InChI is InChI=1S/5CH3.2W.Y/h5*1H3;;;/q5*-1;2*+2;. The molecule has 0 N–H and O–H groups in total. The molecule has 0 bridgehead atoms. The van der Waals surface area contributed by atoms with E-state index in [0.29, 0.717) is 0 Å². The zero-order chi connectivity index (χ0) is 0. The Kier molecular flexibility index (Phi) is 2120. The number of rotatable bonds is 0. The van der Waals surface area contributed by atoms with E-state index in [1.165, 1.54) is 0 Å². The third kappa shape index (κ3) is 77.1. The van der Waals surface area contributed by atoms with E-state index in [4.69, 9.17) is 0 Å². The van der Waals surface area contributed by atoms with Crippen molar-refractivity contribution in [2.75, 3.05) is 0 Å². The van der Waals surface area contributed by atoms with Crippen LogP contribution in [-0.4, -0.2) is 0 Å². The largest absolute Gasteiger partial charge is 2.00 e. The van der Waals surface area contributed by atoms with E-state index in [2.05, 4.69) is 0 Å². The Morgan fingerprint density at radius 3 is 0.375 bits per heavy atom. The van der Waals surface area contributed by atoms with E-state index < -0.39 is 0 Å². The van der Waals surface area contributed by atoms with E-state index in [1.54, 1.807) is 0 Å². The van der Waals surface area contributed by atoms with E-state index >= 15 is 0 Å². The Hall–Kier alpha value is 2.48. The molecule has 0 aliphatic carbocycles. The summed E-state index contributed by atoms with van der Waals surface area (Å²) in [6.07, 6.45) is 0. The van der Waals surface area contributed by atoms with Crippen LogP contribution in [0.25, 0.3) is 0 Å². The molecule has 0 fully saturated rings. The van der Waals surface area contributed by atoms with Gasteiger partial charge in [0.25, 0.3) is 0 Å². The molecule has 0 rings (SSSR count). The van der Waals surface area contributed by atoms with Gasteiger partial charge >= 0.3 is 42.1 Å². The van der Waals surface area contributed by atoms with Crippen LogP contribution >= 0.6 is 0 Å². The molecule has 51 valence electrons. The summed E-state index contributed by atoms with van der Waals surface area (Å²) in [6.45, 7) is 0. The molecule has 0 saturated carbocycles. The SMILES string of the molecule is [CH3-].[CH3-].[CH3-].[CH3-].[CH3-].[W+2].[W+2].[Y]. The molecule has 0 nitrogen and oxygen atoms in total. The molecule has 8 heavy (non-hydrogen) atoms. The summed E-state index contributed by atoms with van der Waals surface area (Å²) >= 11 is 0. The van der Waals surface area contributed by atoms with E-state index in [9.17, 15) is 0 Å². The molecule has 3 heteroatoms. The Balaban J connectivity index is 0. The van der Waals surface area contributed by atoms with Gasteiger partial charge in [-0.05, 0) is 0 Å². The van der Waals surface area contributed by atoms with Crippen LogP contribution < -0.4 is 0 Å². The van der Waals surface area contributed by atoms with Crippen LogP contribution in [0.4, 0.5) is 0 Å². The van der Waals surface area contributed by atoms with E-state index in [-0.39, 0.29) is 112 Å². The van der Waals surface area contributed by atoms with Gasteiger partial charge < -0.3 is 37.1 Å². The molecule has 0 aromatic carbocycles. The Morgan fingerprint density at radius 2 is 0.375 bits per heavy atom. The minimum absolute atomic E-state index is 0. The monoisotopic (exact) mass is 532 g/mol. The maximum Gasteiger partial charge on any atom is 2.00 e. The van der Waals surface area contributed by atoms with Crippen molar-refractivity contribution in [1.29, 1.82) is 0 Å². The maximum atomic E-state index is 0. The molecule has 1 radical (unpaired) electrons. The molecule has 0 aromatic heterocycles. The van der Waals surface area contributed by atoms with Crippen molar-refractivity contribution in [3.8, 4) is 0 Å². The van der Waals surface area contributed by atoms with Crippen LogP contribution in [0.2, 0.25) is 0 Å². The second-order valence-electron chi connectivity index (χ2n) is 0. The Labute approximate surface area is 110 Å². The van der Waals surface area contributed by atoms with Gasteiger partial charge in [0.15, 0.2) is 0 Å². The molecule has 0 unspecified atom stereocenters. The van der Waals surface area contributed by atoms with Gasteiger partial charge in [-0.25, -0.2) is 0 Å². The fraction of sp³-hybridized carbons (Fsp3) is 0. The Bertz CT molecular complexity index is 10.4.